The molecule has 0 spiro atoms. The molecule has 27 nitrogen and oxygen atoms in total. The van der Waals surface area contributed by atoms with Crippen molar-refractivity contribution in [2.45, 2.75) is 174 Å². The molecule has 5 rings (SSSR count). The zero-order valence-corrected chi connectivity index (χ0v) is 33.0. The van der Waals surface area contributed by atoms with Crippen molar-refractivity contribution in [3.8, 4) is 0 Å². The Hall–Kier alpha value is -1.98. The smallest absolute Gasteiger partial charge is 0.217 e. The minimum atomic E-state index is -2.11. The lowest BCUT2D eigenvalue weighted by atomic mass is 9.93. The van der Waals surface area contributed by atoms with E-state index < -0.39 is 192 Å². The van der Waals surface area contributed by atoms with Gasteiger partial charge in [-0.05, 0) is 6.92 Å². The molecule has 0 unspecified atom stereocenters. The van der Waals surface area contributed by atoms with Crippen LogP contribution in [-0.4, -0.2) is 263 Å². The first kappa shape index (κ1) is 50.0. The highest BCUT2D eigenvalue weighted by atomic mass is 16.8. The van der Waals surface area contributed by atoms with Gasteiger partial charge in [0.05, 0.1) is 32.5 Å². The molecule has 0 aliphatic carbocycles. The van der Waals surface area contributed by atoms with Gasteiger partial charge in [-0.25, -0.2) is 0 Å². The van der Waals surface area contributed by atoms with Crippen LogP contribution in [0.1, 0.15) is 20.8 Å². The summed E-state index contributed by atoms with van der Waals surface area (Å²) in [6.07, 6.45) is -41.4. The summed E-state index contributed by atoms with van der Waals surface area (Å²) in [4.78, 5) is 24.5. The largest absolute Gasteiger partial charge is 0.394 e. The van der Waals surface area contributed by atoms with Crippen molar-refractivity contribution in [3.05, 3.63) is 0 Å². The van der Waals surface area contributed by atoms with E-state index in [1.165, 1.54) is 6.92 Å². The van der Waals surface area contributed by atoms with E-state index in [1.807, 2.05) is 0 Å². The van der Waals surface area contributed by atoms with Crippen LogP contribution in [0, 0.1) is 0 Å². The van der Waals surface area contributed by atoms with Gasteiger partial charge in [0, 0.05) is 13.8 Å². The number of nitrogens with one attached hydrogen (secondary N) is 2. The van der Waals surface area contributed by atoms with Gasteiger partial charge in [-0.3, -0.25) is 9.59 Å². The zero-order chi connectivity index (χ0) is 45.2. The summed E-state index contributed by atoms with van der Waals surface area (Å²) < 4.78 is 51.7. The molecule has 354 valence electrons. The van der Waals surface area contributed by atoms with Crippen molar-refractivity contribution < 1.29 is 124 Å². The molecule has 2 amide bonds. The van der Waals surface area contributed by atoms with Gasteiger partial charge >= 0.3 is 0 Å². The number of aliphatic hydroxyl groups excluding tert-OH is 14. The Balaban J connectivity index is 1.46. The second-order valence-corrected chi connectivity index (χ2v) is 15.4. The van der Waals surface area contributed by atoms with E-state index in [-0.39, 0.29) is 0 Å². The maximum Gasteiger partial charge on any atom is 0.217 e. The highest BCUT2D eigenvalue weighted by Crippen LogP contribution is 2.36. The van der Waals surface area contributed by atoms with Crippen LogP contribution in [0.2, 0.25) is 0 Å². The number of aliphatic hydroxyl groups is 14. The van der Waals surface area contributed by atoms with Gasteiger partial charge in [-0.2, -0.15) is 0 Å². The van der Waals surface area contributed by atoms with E-state index in [1.54, 1.807) is 0 Å². The van der Waals surface area contributed by atoms with E-state index in [0.717, 1.165) is 13.8 Å². The molecule has 61 heavy (non-hydrogen) atoms. The highest BCUT2D eigenvalue weighted by Gasteiger charge is 2.57. The molecule has 0 aromatic rings. The fourth-order valence-corrected chi connectivity index (χ4v) is 7.76. The number of hydrogen-bond donors (Lipinski definition) is 16. The second kappa shape index (κ2) is 21.3. The van der Waals surface area contributed by atoms with E-state index in [0.29, 0.717) is 0 Å². The molecule has 5 aliphatic heterocycles. The molecule has 16 N–H and O–H groups in total. The Morgan fingerprint density at radius 1 is 0.426 bits per heavy atom. The lowest BCUT2D eigenvalue weighted by Gasteiger charge is -2.51. The summed E-state index contributed by atoms with van der Waals surface area (Å²) in [7, 11) is 0. The van der Waals surface area contributed by atoms with Crippen molar-refractivity contribution in [3.63, 3.8) is 0 Å². The molecule has 0 saturated carbocycles. The third-order valence-electron chi connectivity index (χ3n) is 11.1. The van der Waals surface area contributed by atoms with Crippen LogP contribution in [0.4, 0.5) is 0 Å². The minimum Gasteiger partial charge on any atom is -0.394 e. The van der Waals surface area contributed by atoms with Crippen LogP contribution in [0.15, 0.2) is 0 Å². The van der Waals surface area contributed by atoms with Gasteiger partial charge in [0.25, 0.3) is 0 Å². The Labute approximate surface area is 346 Å². The average molecular weight is 895 g/mol. The number of amides is 2. The van der Waals surface area contributed by atoms with E-state index >= 15 is 0 Å². The van der Waals surface area contributed by atoms with Crippen molar-refractivity contribution in [2.75, 3.05) is 26.4 Å². The molecule has 25 atom stereocenters. The van der Waals surface area contributed by atoms with Crippen LogP contribution in [0.25, 0.3) is 0 Å². The summed E-state index contributed by atoms with van der Waals surface area (Å²) in [5, 5.41) is 153. The first-order valence-electron chi connectivity index (χ1n) is 19.5. The van der Waals surface area contributed by atoms with Crippen LogP contribution in [-0.2, 0) is 52.2 Å². The number of rotatable bonds is 14. The zero-order valence-electron chi connectivity index (χ0n) is 33.0. The maximum atomic E-state index is 12.5. The average Bonchev–Trinajstić information content (AvgIpc) is 3.22. The van der Waals surface area contributed by atoms with Gasteiger partial charge in [-0.15, -0.1) is 0 Å². The third-order valence-corrected chi connectivity index (χ3v) is 11.1. The van der Waals surface area contributed by atoms with Gasteiger partial charge in [0.15, 0.2) is 31.5 Å². The minimum absolute atomic E-state index is 0.708. The fraction of sp³-hybridized carbons (Fsp3) is 0.941. The molecule has 27 heteroatoms. The predicted octanol–water partition coefficient (Wildman–Crippen LogP) is -10.6. The Morgan fingerprint density at radius 2 is 0.852 bits per heavy atom. The van der Waals surface area contributed by atoms with E-state index in [2.05, 4.69) is 10.6 Å². The topological polar surface area (TPSA) is 424 Å². The number of hydrogen-bond acceptors (Lipinski definition) is 25. The van der Waals surface area contributed by atoms with Gasteiger partial charge in [0.1, 0.15) is 116 Å². The first-order chi connectivity index (χ1) is 28.8. The van der Waals surface area contributed by atoms with E-state index in [9.17, 15) is 81.1 Å². The lowest BCUT2D eigenvalue weighted by Crippen LogP contribution is -2.71. The summed E-state index contributed by atoms with van der Waals surface area (Å²) in [6, 6.07) is -3.20. The highest BCUT2D eigenvalue weighted by molar-refractivity contribution is 5.73. The number of carbonyl (C=O) groups is 2. The molecular formula is C34H58N2O25. The number of carbonyl (C=O) groups excluding carboxylic acids is 2. The van der Waals surface area contributed by atoms with Crippen molar-refractivity contribution >= 4 is 11.8 Å². The molecule has 5 fully saturated rings. The van der Waals surface area contributed by atoms with Crippen molar-refractivity contribution in [2.24, 2.45) is 0 Å². The quantitative estimate of drug-likeness (QED) is 0.0770. The summed E-state index contributed by atoms with van der Waals surface area (Å²) >= 11 is 0. The second-order valence-electron chi connectivity index (χ2n) is 15.4. The monoisotopic (exact) mass is 894 g/mol. The maximum absolute atomic E-state index is 12.5. The SMILES string of the molecule is CC(=O)N[C@@H]1[C@@H](O[C@@H]2O[C@H](CO)[C@@H](O[C@@H]3O[C@H](CO)[C@H](O[C@H]4O[C@H](CO)[C@H](O)[C@H](O)[C@H]4O)[C@H](O)[C@H]3O[C@@H]3O[C@@H](C)[C@@H](O)[C@@H](O)[C@@H]3O)[C@H](O)[C@H]2NC(C)=O)[C@@H](O)[C@@H](CO)O[C@@H]1O. The molecule has 5 saturated heterocycles. The Bertz CT molecular complexity index is 1420. The van der Waals surface area contributed by atoms with Gasteiger partial charge in [0.2, 0.25) is 11.8 Å². The molecule has 5 aliphatic rings. The Kier molecular flexibility index (Phi) is 17.5. The van der Waals surface area contributed by atoms with Gasteiger partial charge < -0.3 is 125 Å². The molecule has 0 radical (unpaired) electrons. The third kappa shape index (κ3) is 10.8. The van der Waals surface area contributed by atoms with E-state index in [4.69, 9.17) is 42.6 Å². The Morgan fingerprint density at radius 3 is 1.41 bits per heavy atom. The standard InChI is InChI=1S/C34H58N2O25/c1-8-17(43)21(47)23(49)32(53-8)61-29-25(51)27(58-33-24(50)22(48)18(44)11(4-37)55-33)14(7-40)57-34(29)59-26-13(6-39)56-31(15(20(26)46)35-9(2)41)60-28-16(36-10(3)42)30(52)54-12(5-38)19(28)45/h8,11-34,37-40,43-52H,4-7H2,1-3H3,(H,35,41)(H,36,42)/t8-,11+,12+,13+,14+,15+,16+,17+,18-,19-,20+,21+,22-,23-,24+,25-,26+,27-,28+,29+,30-,31-,32-,33+,34-/m0/s1. The van der Waals surface area contributed by atoms with Crippen LogP contribution >= 0.6 is 0 Å². The van der Waals surface area contributed by atoms with Crippen molar-refractivity contribution in [1.29, 1.82) is 0 Å². The fourth-order valence-electron chi connectivity index (χ4n) is 7.76. The van der Waals surface area contributed by atoms with Crippen molar-refractivity contribution in [1.82, 2.24) is 10.6 Å². The number of ether oxygens (including phenoxy) is 9. The summed E-state index contributed by atoms with van der Waals surface area (Å²) in [5.74, 6) is -1.50. The molecule has 0 aromatic carbocycles. The molecular weight excluding hydrogens is 836 g/mol. The van der Waals surface area contributed by atoms with Crippen LogP contribution < -0.4 is 10.6 Å². The first-order valence-corrected chi connectivity index (χ1v) is 19.5. The van der Waals surface area contributed by atoms with Crippen LogP contribution in [0.3, 0.4) is 0 Å². The van der Waals surface area contributed by atoms with Crippen LogP contribution in [0.5, 0.6) is 0 Å². The molecule has 0 aromatic heterocycles. The van der Waals surface area contributed by atoms with Gasteiger partial charge in [-0.1, -0.05) is 0 Å². The summed E-state index contributed by atoms with van der Waals surface area (Å²) in [6.45, 7) is -0.250. The normalized spacial score (nSPS) is 49.6. The molecule has 5 heterocycles. The predicted molar refractivity (Wildman–Crippen MR) is 188 cm³/mol. The molecule has 0 bridgehead atoms. The lowest BCUT2D eigenvalue weighted by molar-refractivity contribution is -0.400. The summed E-state index contributed by atoms with van der Waals surface area (Å²) in [5.41, 5.74) is 0.